The Morgan fingerprint density at radius 3 is 1.22 bits per heavy atom. The largest absolute Gasteiger partial charge is 0.494 e. The minimum Gasteiger partial charge on any atom is -0.494 e. The van der Waals surface area contributed by atoms with Gasteiger partial charge in [-0.25, -0.2) is 14.4 Å². The number of rotatable bonds is 24. The van der Waals surface area contributed by atoms with E-state index >= 15 is 9.59 Å². The summed E-state index contributed by atoms with van der Waals surface area (Å²) < 4.78 is 32.4. The van der Waals surface area contributed by atoms with Gasteiger partial charge >= 0.3 is 17.9 Å². The molecule has 20 rings (SSSR count). The maximum absolute atomic E-state index is 15.1. The second-order valence-corrected chi connectivity index (χ2v) is 41.4. The van der Waals surface area contributed by atoms with Crippen LogP contribution in [0.4, 0.5) is 17.1 Å². The van der Waals surface area contributed by atoms with Gasteiger partial charge in [0.05, 0.1) is 132 Å². The van der Waals surface area contributed by atoms with Crippen molar-refractivity contribution in [2.45, 2.75) is 187 Å². The van der Waals surface area contributed by atoms with Crippen LogP contribution in [0, 0.1) is 83.1 Å². The number of hydrogen-bond donors (Lipinski definition) is 3. The molecule has 4 atom stereocenters. The summed E-state index contributed by atoms with van der Waals surface area (Å²) in [6, 6.07) is 40.9. The second-order valence-electron chi connectivity index (χ2n) is 39.1. The number of fused-ring (bicyclic) bond motifs is 11. The maximum atomic E-state index is 15.1. The standard InChI is InChI=1S/C40H39Cl2N5O4.C39H39Cl2N5O4.C36H36Cl2N4O4/c1-20-18-26(19-21(2)35(20)42)51-17-9-11-27-28-12-14-31(41)34(33-22(3)44-45(7)25(33)6)37(28)47-24(5)23(4)46(39(48)38(27)47)32-15-13-30(40(49)50)36-29(32)10-8-16-43-36;1-20-15-26(16-21(2)35(20)41)50-14-8-9-27-28-10-11-30(40)34(33-23(4)42-44(7)24(33)5)36(28)45-19-22(3)46(38(47)37(27)45)32-18-25(39(48)49)17-31-29(32)12-13-43(31)6;1-19-15-26(16-20(2)32(19)38)46-14-8-11-27-28-12-13-29(37)31(30-22(4)39-40(6)23(30)5)33(28)41-18-21(3)42(35(43)34(27)41)25-10-7-9-24(17-25)36(44)45/h8,10,12-16,18-19,23-24H,9,11,17H2,1-7H3,(H,49,50);10-13,15-18,22H,8-9,14,19H2,1-7H3,(H,48,49);7,9-10,12-13,15-17,21H,8,11,14,18H2,1-6H3,(H,44,45)/t23-,24?;22-;21-/m111/s1. The van der Waals surface area contributed by atoms with Gasteiger partial charge in [-0.1, -0.05) is 93.9 Å². The fraction of sp³-hybridized carbons (Fsp3) is 0.304. The molecule has 0 radical (unpaired) electrons. The molecule has 0 saturated carbocycles. The summed E-state index contributed by atoms with van der Waals surface area (Å²) in [6.07, 6.45) is 7.13. The number of carbonyl (C=O) groups is 6. The highest BCUT2D eigenvalue weighted by molar-refractivity contribution is 6.37. The van der Waals surface area contributed by atoms with E-state index in [9.17, 15) is 34.5 Å². The molecule has 9 aromatic carbocycles. The number of benzene rings is 9. The van der Waals surface area contributed by atoms with Crippen molar-refractivity contribution in [3.05, 3.63) is 300 Å². The summed E-state index contributed by atoms with van der Waals surface area (Å²) in [5.74, 6) is -1.43. The number of carbonyl (C=O) groups excluding carboxylic acids is 3. The fourth-order valence-electron chi connectivity index (χ4n) is 22.2. The summed E-state index contributed by atoms with van der Waals surface area (Å²) >= 11 is 40.3. The maximum Gasteiger partial charge on any atom is 0.337 e. The number of carboxylic acid groups (broad SMARTS) is 3. The topological polar surface area (TPSA) is 287 Å². The molecule has 0 bridgehead atoms. The van der Waals surface area contributed by atoms with Crippen LogP contribution in [0.5, 0.6) is 17.2 Å². The van der Waals surface area contributed by atoms with Crippen LogP contribution in [0.15, 0.2) is 152 Å². The number of amides is 3. The molecular formula is C115H114Cl6N14O12. The van der Waals surface area contributed by atoms with Crippen LogP contribution in [0.3, 0.4) is 0 Å². The van der Waals surface area contributed by atoms with Crippen molar-refractivity contribution in [1.29, 1.82) is 0 Å². The van der Waals surface area contributed by atoms with Gasteiger partial charge < -0.3 is 62.5 Å². The monoisotopic (exact) mass is 2090 g/mol. The number of nitrogens with zero attached hydrogens (tertiary/aromatic N) is 14. The van der Waals surface area contributed by atoms with Gasteiger partial charge in [-0.15, -0.1) is 0 Å². The first-order chi connectivity index (χ1) is 70.0. The molecule has 3 amide bonds. The summed E-state index contributed by atoms with van der Waals surface area (Å²) in [7, 11) is 7.63. The predicted octanol–water partition coefficient (Wildman–Crippen LogP) is 26.6. The SMILES string of the molecule is Cc1cc(OCCCc2c3n(c4c(-c5c(C)nn(C)c5C)c(Cl)ccc24)C(C)[C@@H](C)N(c2ccc(C(=O)O)c4ncccc24)C3=O)cc(C)c1Cl.Cc1cc(OCCCc2c3n(c4c(-c5c(C)nn(C)c5C)c(Cl)ccc24)C[C@@H](C)N(c2cc(C(=O)O)cc4c2ccn4C)C3=O)cc(C)c1Cl.Cc1cc(OCCCc2c3n(c4c(-c5c(C)nn(C)c5C)c(Cl)ccc24)C[C@@H](C)N(c2cccc(C(=O)O)c2)C3=O)cc(C)c1Cl. The highest BCUT2D eigenvalue weighted by Gasteiger charge is 2.45. The Morgan fingerprint density at radius 1 is 0.395 bits per heavy atom. The molecule has 758 valence electrons. The van der Waals surface area contributed by atoms with E-state index in [0.29, 0.717) is 132 Å². The Balaban J connectivity index is 0.000000145. The van der Waals surface area contributed by atoms with E-state index in [-0.39, 0.29) is 58.6 Å². The smallest absolute Gasteiger partial charge is 0.337 e. The lowest BCUT2D eigenvalue weighted by molar-refractivity contribution is 0.0686. The molecule has 32 heteroatoms. The molecule has 0 fully saturated rings. The van der Waals surface area contributed by atoms with E-state index < -0.39 is 17.9 Å². The molecule has 26 nitrogen and oxygen atoms in total. The van der Waals surface area contributed by atoms with Crippen molar-refractivity contribution in [3.63, 3.8) is 0 Å². The molecular weight excluding hydrogens is 1980 g/mol. The third-order valence-electron chi connectivity index (χ3n) is 29.4. The van der Waals surface area contributed by atoms with E-state index in [1.54, 1.807) is 63.4 Å². The van der Waals surface area contributed by atoms with Gasteiger partial charge in [0.25, 0.3) is 17.7 Å². The summed E-state index contributed by atoms with van der Waals surface area (Å²) in [4.78, 5) is 90.6. The summed E-state index contributed by atoms with van der Waals surface area (Å²) in [5.41, 5.74) is 27.0. The third kappa shape index (κ3) is 18.4. The number of anilines is 3. The third-order valence-corrected chi connectivity index (χ3v) is 32.2. The first-order valence-electron chi connectivity index (χ1n) is 49.0. The van der Waals surface area contributed by atoms with Crippen molar-refractivity contribution >= 4 is 177 Å². The van der Waals surface area contributed by atoms with Gasteiger partial charge in [0.15, 0.2) is 0 Å². The Hall–Kier alpha value is -13.9. The van der Waals surface area contributed by atoms with Crippen molar-refractivity contribution in [1.82, 2.24) is 52.6 Å². The van der Waals surface area contributed by atoms with Crippen LogP contribution in [0.2, 0.25) is 30.1 Å². The number of hydrogen-bond acceptors (Lipinski definition) is 13. The van der Waals surface area contributed by atoms with E-state index in [0.717, 1.165) is 194 Å². The van der Waals surface area contributed by atoms with Crippen molar-refractivity contribution in [2.75, 3.05) is 34.5 Å². The Morgan fingerprint density at radius 2 is 0.803 bits per heavy atom. The Kier molecular flexibility index (Phi) is 28.6. The zero-order valence-corrected chi connectivity index (χ0v) is 90.1. The zero-order valence-electron chi connectivity index (χ0n) is 85.6. The molecule has 8 aromatic heterocycles. The first kappa shape index (κ1) is 103. The number of ether oxygens (including phenoxy) is 3. The first-order valence-corrected chi connectivity index (χ1v) is 51.2. The zero-order chi connectivity index (χ0) is 105. The highest BCUT2D eigenvalue weighted by atomic mass is 35.5. The minimum atomic E-state index is -1.07. The Bertz CT molecular complexity index is 8290. The van der Waals surface area contributed by atoms with Gasteiger partial charge in [0, 0.05) is 152 Å². The van der Waals surface area contributed by atoms with Crippen LogP contribution in [-0.4, -0.2) is 141 Å². The molecule has 11 heterocycles. The van der Waals surface area contributed by atoms with Gasteiger partial charge in [0.2, 0.25) is 0 Å². The van der Waals surface area contributed by atoms with Crippen LogP contribution in [0.1, 0.15) is 200 Å². The molecule has 0 aliphatic carbocycles. The number of aryl methyl sites for hydroxylation is 16. The normalized spacial score (nSPS) is 15.1. The van der Waals surface area contributed by atoms with Crippen LogP contribution in [0.25, 0.3) is 87.9 Å². The molecule has 0 saturated heterocycles. The van der Waals surface area contributed by atoms with Gasteiger partial charge in [0.1, 0.15) is 34.3 Å². The van der Waals surface area contributed by atoms with E-state index in [4.69, 9.17) is 94.0 Å². The number of pyridine rings is 1. The van der Waals surface area contributed by atoms with Gasteiger partial charge in [-0.2, -0.15) is 15.3 Å². The number of aromatic nitrogens is 11. The number of halogens is 6. The fourth-order valence-corrected chi connectivity index (χ4v) is 23.3. The molecule has 147 heavy (non-hydrogen) atoms. The van der Waals surface area contributed by atoms with Crippen molar-refractivity contribution < 1.29 is 58.3 Å². The van der Waals surface area contributed by atoms with E-state index in [1.807, 2.05) is 242 Å². The Labute approximate surface area is 881 Å². The van der Waals surface area contributed by atoms with Crippen LogP contribution >= 0.6 is 69.6 Å². The number of aromatic carboxylic acids is 3. The van der Waals surface area contributed by atoms with E-state index in [1.165, 1.54) is 12.1 Å². The quantitative estimate of drug-likeness (QED) is 0.0474. The average molecular weight is 2100 g/mol. The molecule has 0 spiro atoms. The van der Waals surface area contributed by atoms with E-state index in [2.05, 4.69) is 30.7 Å². The summed E-state index contributed by atoms with van der Waals surface area (Å²) in [5, 5.41) is 51.9. The van der Waals surface area contributed by atoms with Crippen molar-refractivity contribution in [3.8, 4) is 50.6 Å². The van der Waals surface area contributed by atoms with Gasteiger partial charge in [-0.3, -0.25) is 33.4 Å². The lowest BCUT2D eigenvalue weighted by Crippen LogP contribution is -2.49. The lowest BCUT2D eigenvalue weighted by atomic mass is 9.98. The predicted molar refractivity (Wildman–Crippen MR) is 586 cm³/mol. The molecule has 1 unspecified atom stereocenters. The van der Waals surface area contributed by atoms with Crippen molar-refractivity contribution in [2.24, 2.45) is 28.2 Å². The average Bonchev–Trinajstić information content (AvgIpc) is 1.56. The van der Waals surface area contributed by atoms with Crippen LogP contribution in [-0.2, 0) is 60.5 Å². The lowest BCUT2D eigenvalue weighted by Gasteiger charge is -2.40. The summed E-state index contributed by atoms with van der Waals surface area (Å²) in [6.45, 7) is 34.2. The molecule has 17 aromatic rings. The minimum absolute atomic E-state index is 0.0851. The van der Waals surface area contributed by atoms with Crippen LogP contribution < -0.4 is 28.9 Å². The molecule has 3 N–H and O–H groups in total. The van der Waals surface area contributed by atoms with Gasteiger partial charge in [-0.05, 0) is 315 Å². The molecule has 3 aliphatic rings. The molecule has 3 aliphatic heterocycles. The highest BCUT2D eigenvalue weighted by Crippen LogP contribution is 2.52. The number of carboxylic acids is 3. The second kappa shape index (κ2) is 40.8.